The summed E-state index contributed by atoms with van der Waals surface area (Å²) >= 11 is 0. The highest BCUT2D eigenvalue weighted by Gasteiger charge is 2.03. The smallest absolute Gasteiger partial charge is 0.0992 e. The van der Waals surface area contributed by atoms with Crippen molar-refractivity contribution in [1.29, 1.82) is 5.26 Å². The summed E-state index contributed by atoms with van der Waals surface area (Å²) in [4.78, 5) is 0. The molecule has 0 radical (unpaired) electrons. The molecule has 15 heavy (non-hydrogen) atoms. The Kier molecular flexibility index (Phi) is 2.47. The van der Waals surface area contributed by atoms with Crippen LogP contribution >= 0.6 is 0 Å². The van der Waals surface area contributed by atoms with E-state index >= 15 is 0 Å². The lowest BCUT2D eigenvalue weighted by molar-refractivity contribution is 0.535. The van der Waals surface area contributed by atoms with Crippen molar-refractivity contribution in [2.24, 2.45) is 5.92 Å². The second-order valence-electron chi connectivity index (χ2n) is 4.25. The minimum atomic E-state index is 0.617. The molecule has 2 aromatic rings. The second kappa shape index (κ2) is 3.78. The molecule has 0 atom stereocenters. The zero-order chi connectivity index (χ0) is 10.8. The maximum absolute atomic E-state index is 8.85. The van der Waals surface area contributed by atoms with Gasteiger partial charge < -0.3 is 4.57 Å². The Morgan fingerprint density at radius 2 is 2.13 bits per heavy atom. The van der Waals surface area contributed by atoms with Gasteiger partial charge in [0.1, 0.15) is 0 Å². The standard InChI is InChI=1S/C13H14N2/c1-10(2)9-15-6-5-12-4-3-11(8-14)7-13(12)15/h3-7,10H,9H2,1-2H3. The molecule has 0 unspecified atom stereocenters. The molecule has 0 fully saturated rings. The number of hydrogen-bond donors (Lipinski definition) is 0. The molecule has 0 aliphatic rings. The van der Waals surface area contributed by atoms with Crippen LogP contribution in [0, 0.1) is 17.2 Å². The summed E-state index contributed by atoms with van der Waals surface area (Å²) in [6.45, 7) is 5.39. The van der Waals surface area contributed by atoms with E-state index < -0.39 is 0 Å². The fraction of sp³-hybridized carbons (Fsp3) is 0.308. The third kappa shape index (κ3) is 1.87. The lowest BCUT2D eigenvalue weighted by Crippen LogP contribution is -2.02. The minimum Gasteiger partial charge on any atom is -0.347 e. The molecule has 2 rings (SSSR count). The zero-order valence-electron chi connectivity index (χ0n) is 9.07. The molecule has 0 N–H and O–H groups in total. The SMILES string of the molecule is CC(C)Cn1ccc2ccc(C#N)cc21. The van der Waals surface area contributed by atoms with Gasteiger partial charge in [-0.15, -0.1) is 0 Å². The van der Waals surface area contributed by atoms with Crippen LogP contribution in [0.15, 0.2) is 30.5 Å². The molecule has 1 aromatic heterocycles. The number of nitriles is 1. The first-order valence-corrected chi connectivity index (χ1v) is 5.19. The summed E-state index contributed by atoms with van der Waals surface area (Å²) in [5, 5.41) is 10.1. The molecule has 0 aliphatic heterocycles. The van der Waals surface area contributed by atoms with Crippen molar-refractivity contribution in [1.82, 2.24) is 4.57 Å². The van der Waals surface area contributed by atoms with Crippen LogP contribution in [0.3, 0.4) is 0 Å². The van der Waals surface area contributed by atoms with Crippen LogP contribution in [0.2, 0.25) is 0 Å². The van der Waals surface area contributed by atoms with Gasteiger partial charge in [-0.3, -0.25) is 0 Å². The lowest BCUT2D eigenvalue weighted by Gasteiger charge is -2.08. The summed E-state index contributed by atoms with van der Waals surface area (Å²) in [6.07, 6.45) is 2.09. The van der Waals surface area contributed by atoms with Crippen LogP contribution in [0.5, 0.6) is 0 Å². The van der Waals surface area contributed by atoms with Gasteiger partial charge in [0.05, 0.1) is 11.6 Å². The van der Waals surface area contributed by atoms with Gasteiger partial charge in [0, 0.05) is 18.3 Å². The topological polar surface area (TPSA) is 28.7 Å². The van der Waals surface area contributed by atoms with Gasteiger partial charge in [0.15, 0.2) is 0 Å². The van der Waals surface area contributed by atoms with Gasteiger partial charge in [-0.2, -0.15) is 5.26 Å². The Morgan fingerprint density at radius 1 is 1.33 bits per heavy atom. The van der Waals surface area contributed by atoms with E-state index in [1.807, 2.05) is 18.2 Å². The number of rotatable bonds is 2. The quantitative estimate of drug-likeness (QED) is 0.728. The molecule has 0 amide bonds. The van der Waals surface area contributed by atoms with Crippen molar-refractivity contribution in [3.05, 3.63) is 36.0 Å². The van der Waals surface area contributed by atoms with E-state index in [1.165, 1.54) is 5.39 Å². The molecular formula is C13H14N2. The highest BCUT2D eigenvalue weighted by atomic mass is 15.0. The van der Waals surface area contributed by atoms with Crippen molar-refractivity contribution in [2.45, 2.75) is 20.4 Å². The van der Waals surface area contributed by atoms with Gasteiger partial charge >= 0.3 is 0 Å². The van der Waals surface area contributed by atoms with E-state index in [2.05, 4.69) is 36.7 Å². The molecule has 1 aromatic carbocycles. The van der Waals surface area contributed by atoms with E-state index in [0.717, 1.165) is 17.6 Å². The van der Waals surface area contributed by atoms with Crippen LogP contribution in [0.25, 0.3) is 10.9 Å². The normalized spacial score (nSPS) is 10.8. The molecule has 76 valence electrons. The lowest BCUT2D eigenvalue weighted by atomic mass is 10.2. The van der Waals surface area contributed by atoms with Gasteiger partial charge in [-0.1, -0.05) is 19.9 Å². The summed E-state index contributed by atoms with van der Waals surface area (Å²) < 4.78 is 2.21. The first-order chi connectivity index (χ1) is 7.20. The molecule has 0 saturated carbocycles. The van der Waals surface area contributed by atoms with Gasteiger partial charge in [-0.05, 0) is 29.5 Å². The third-order valence-corrected chi connectivity index (χ3v) is 2.46. The Balaban J connectivity index is 2.52. The van der Waals surface area contributed by atoms with Crippen molar-refractivity contribution >= 4 is 10.9 Å². The average Bonchev–Trinajstić information content (AvgIpc) is 2.60. The third-order valence-electron chi connectivity index (χ3n) is 2.46. The first-order valence-electron chi connectivity index (χ1n) is 5.19. The number of fused-ring (bicyclic) bond motifs is 1. The van der Waals surface area contributed by atoms with Crippen LogP contribution in [-0.4, -0.2) is 4.57 Å². The molecular weight excluding hydrogens is 184 g/mol. The van der Waals surface area contributed by atoms with Crippen LogP contribution in [0.4, 0.5) is 0 Å². The molecule has 0 spiro atoms. The summed E-state index contributed by atoms with van der Waals surface area (Å²) in [5.74, 6) is 0.617. The molecule has 0 saturated heterocycles. The van der Waals surface area contributed by atoms with Crippen molar-refractivity contribution in [2.75, 3.05) is 0 Å². The number of hydrogen-bond acceptors (Lipinski definition) is 1. The first kappa shape index (κ1) is 9.79. The Hall–Kier alpha value is -1.75. The second-order valence-corrected chi connectivity index (χ2v) is 4.25. The predicted molar refractivity (Wildman–Crippen MR) is 61.5 cm³/mol. The van der Waals surface area contributed by atoms with Gasteiger partial charge in [-0.25, -0.2) is 0 Å². The fourth-order valence-electron chi connectivity index (χ4n) is 1.81. The monoisotopic (exact) mass is 198 g/mol. The molecule has 2 nitrogen and oxygen atoms in total. The summed E-state index contributed by atoms with van der Waals surface area (Å²) in [7, 11) is 0. The zero-order valence-corrected chi connectivity index (χ0v) is 9.07. The highest BCUT2D eigenvalue weighted by molar-refractivity contribution is 5.81. The summed E-state index contributed by atoms with van der Waals surface area (Å²) in [6, 6.07) is 10.1. The largest absolute Gasteiger partial charge is 0.347 e. The molecule has 0 bridgehead atoms. The van der Waals surface area contributed by atoms with E-state index in [9.17, 15) is 0 Å². The Labute approximate surface area is 89.7 Å². The maximum Gasteiger partial charge on any atom is 0.0992 e. The van der Waals surface area contributed by atoms with Crippen molar-refractivity contribution in [3.8, 4) is 6.07 Å². The van der Waals surface area contributed by atoms with Crippen molar-refractivity contribution < 1.29 is 0 Å². The number of nitrogens with zero attached hydrogens (tertiary/aromatic N) is 2. The van der Waals surface area contributed by atoms with Crippen LogP contribution in [0.1, 0.15) is 19.4 Å². The van der Waals surface area contributed by atoms with Gasteiger partial charge in [0.25, 0.3) is 0 Å². The fourth-order valence-corrected chi connectivity index (χ4v) is 1.81. The van der Waals surface area contributed by atoms with Crippen LogP contribution < -0.4 is 0 Å². The van der Waals surface area contributed by atoms with E-state index in [-0.39, 0.29) is 0 Å². The maximum atomic E-state index is 8.85. The number of aromatic nitrogens is 1. The summed E-state index contributed by atoms with van der Waals surface area (Å²) in [5.41, 5.74) is 1.88. The molecule has 2 heteroatoms. The van der Waals surface area contributed by atoms with E-state index in [1.54, 1.807) is 0 Å². The minimum absolute atomic E-state index is 0.617. The highest BCUT2D eigenvalue weighted by Crippen LogP contribution is 2.18. The van der Waals surface area contributed by atoms with E-state index in [0.29, 0.717) is 5.92 Å². The molecule has 1 heterocycles. The Morgan fingerprint density at radius 3 is 2.80 bits per heavy atom. The van der Waals surface area contributed by atoms with Gasteiger partial charge in [0.2, 0.25) is 0 Å². The van der Waals surface area contributed by atoms with E-state index in [4.69, 9.17) is 5.26 Å². The average molecular weight is 198 g/mol. The van der Waals surface area contributed by atoms with Crippen molar-refractivity contribution in [3.63, 3.8) is 0 Å². The predicted octanol–water partition coefficient (Wildman–Crippen LogP) is 3.17. The molecule has 0 aliphatic carbocycles. The Bertz CT molecular complexity index is 515. The number of benzene rings is 1. The van der Waals surface area contributed by atoms with Crippen LogP contribution in [-0.2, 0) is 6.54 Å².